The van der Waals surface area contributed by atoms with E-state index in [2.05, 4.69) is 37.2 Å². The molecule has 0 amide bonds. The summed E-state index contributed by atoms with van der Waals surface area (Å²) >= 11 is 0. The molecule has 0 spiro atoms. The summed E-state index contributed by atoms with van der Waals surface area (Å²) in [4.78, 5) is 13.7. The number of nitrogens with one attached hydrogen (secondary N) is 1. The molecule has 2 heterocycles. The summed E-state index contributed by atoms with van der Waals surface area (Å²) in [5, 5.41) is 3.66. The van der Waals surface area contributed by atoms with Crippen LogP contribution < -0.4 is 10.2 Å². The molecular formula is C18H27N5. The Morgan fingerprint density at radius 2 is 2.04 bits per heavy atom. The van der Waals surface area contributed by atoms with Crippen LogP contribution in [0.1, 0.15) is 25.7 Å². The van der Waals surface area contributed by atoms with Crippen LogP contribution in [0.5, 0.6) is 0 Å². The second kappa shape index (κ2) is 6.02. The number of rotatable bonds is 4. The Labute approximate surface area is 138 Å². The molecule has 0 radical (unpaired) electrons. The molecule has 5 heteroatoms. The highest BCUT2D eigenvalue weighted by Crippen LogP contribution is 2.60. The van der Waals surface area contributed by atoms with Gasteiger partial charge in [-0.2, -0.15) is 0 Å². The minimum atomic E-state index is 0.617. The monoisotopic (exact) mass is 313 g/mol. The van der Waals surface area contributed by atoms with E-state index in [1.807, 2.05) is 19.3 Å². The average molecular weight is 313 g/mol. The predicted molar refractivity (Wildman–Crippen MR) is 93.8 cm³/mol. The van der Waals surface area contributed by atoms with Gasteiger partial charge in [-0.25, -0.2) is 4.98 Å². The zero-order valence-electron chi connectivity index (χ0n) is 14.0. The van der Waals surface area contributed by atoms with E-state index in [1.54, 1.807) is 0 Å². The third-order valence-corrected chi connectivity index (χ3v) is 5.70. The minimum absolute atomic E-state index is 0.617. The van der Waals surface area contributed by atoms with Crippen molar-refractivity contribution in [3.05, 3.63) is 24.4 Å². The first kappa shape index (κ1) is 14.8. The number of hydrogen-bond acceptors (Lipinski definition) is 3. The summed E-state index contributed by atoms with van der Waals surface area (Å²) in [7, 11) is 1.91. The van der Waals surface area contributed by atoms with Crippen LogP contribution in [-0.4, -0.2) is 55.6 Å². The van der Waals surface area contributed by atoms with E-state index in [4.69, 9.17) is 0 Å². The maximum atomic E-state index is 4.52. The van der Waals surface area contributed by atoms with E-state index in [9.17, 15) is 0 Å². The van der Waals surface area contributed by atoms with Gasteiger partial charge in [0.25, 0.3) is 0 Å². The second-order valence-corrected chi connectivity index (χ2v) is 7.20. The maximum Gasteiger partial charge on any atom is 0.193 e. The van der Waals surface area contributed by atoms with Gasteiger partial charge in [-0.05, 0) is 49.1 Å². The number of pyridine rings is 1. The fourth-order valence-corrected chi connectivity index (χ4v) is 3.86. The highest BCUT2D eigenvalue weighted by atomic mass is 15.4. The molecule has 1 aromatic heterocycles. The van der Waals surface area contributed by atoms with E-state index in [0.717, 1.165) is 50.4 Å². The molecule has 2 saturated carbocycles. The van der Waals surface area contributed by atoms with Gasteiger partial charge in [0.1, 0.15) is 5.82 Å². The van der Waals surface area contributed by atoms with Crippen LogP contribution in [0.3, 0.4) is 0 Å². The fourth-order valence-electron chi connectivity index (χ4n) is 3.86. The Kier molecular flexibility index (Phi) is 3.87. The average Bonchev–Trinajstić information content (AvgIpc) is 3.49. The molecule has 0 atom stereocenters. The Bertz CT molecular complexity index is 554. The van der Waals surface area contributed by atoms with E-state index >= 15 is 0 Å². The van der Waals surface area contributed by atoms with Crippen molar-refractivity contribution in [2.24, 2.45) is 16.3 Å². The summed E-state index contributed by atoms with van der Waals surface area (Å²) in [6.45, 7) is 5.14. The van der Waals surface area contributed by atoms with E-state index < -0.39 is 0 Å². The van der Waals surface area contributed by atoms with E-state index in [-0.39, 0.29) is 0 Å². The van der Waals surface area contributed by atoms with Gasteiger partial charge in [-0.1, -0.05) is 6.07 Å². The number of aliphatic imine (C=N–C) groups is 1. The number of hydrogen-bond donors (Lipinski definition) is 1. The standard InChI is InChI=1S/C18H27N5/c1-19-17(21-14-18(7-8-18)15-5-6-15)23-12-10-22(11-13-23)16-4-2-3-9-20-16/h2-4,9,15H,5-8,10-14H2,1H3,(H,19,21). The lowest BCUT2D eigenvalue weighted by molar-refractivity contribution is 0.358. The lowest BCUT2D eigenvalue weighted by Crippen LogP contribution is -2.53. The molecule has 4 rings (SSSR count). The van der Waals surface area contributed by atoms with Crippen molar-refractivity contribution < 1.29 is 0 Å². The molecule has 124 valence electrons. The van der Waals surface area contributed by atoms with Crippen LogP contribution in [0.2, 0.25) is 0 Å². The highest BCUT2D eigenvalue weighted by Gasteiger charge is 2.53. The molecule has 0 unspecified atom stereocenters. The lowest BCUT2D eigenvalue weighted by atomic mass is 10.0. The first-order chi connectivity index (χ1) is 11.3. The Balaban J connectivity index is 1.30. The topological polar surface area (TPSA) is 43.8 Å². The van der Waals surface area contributed by atoms with Crippen molar-refractivity contribution in [1.82, 2.24) is 15.2 Å². The largest absolute Gasteiger partial charge is 0.356 e. The van der Waals surface area contributed by atoms with Crippen molar-refractivity contribution in [3.8, 4) is 0 Å². The molecule has 3 aliphatic rings. The Morgan fingerprint density at radius 3 is 2.61 bits per heavy atom. The number of nitrogens with zero attached hydrogens (tertiary/aromatic N) is 4. The quantitative estimate of drug-likeness (QED) is 0.682. The number of aromatic nitrogens is 1. The van der Waals surface area contributed by atoms with Crippen LogP contribution in [-0.2, 0) is 0 Å². The Hall–Kier alpha value is -1.78. The molecule has 1 aromatic rings. The molecule has 2 aliphatic carbocycles. The van der Waals surface area contributed by atoms with Gasteiger partial charge in [0.2, 0.25) is 0 Å². The highest BCUT2D eigenvalue weighted by molar-refractivity contribution is 5.80. The second-order valence-electron chi connectivity index (χ2n) is 7.20. The van der Waals surface area contributed by atoms with Gasteiger partial charge >= 0.3 is 0 Å². The molecule has 1 N–H and O–H groups in total. The molecule has 0 bridgehead atoms. The Morgan fingerprint density at radius 1 is 1.26 bits per heavy atom. The van der Waals surface area contributed by atoms with Gasteiger partial charge in [0, 0.05) is 46.0 Å². The smallest absolute Gasteiger partial charge is 0.193 e. The third kappa shape index (κ3) is 3.14. The summed E-state index contributed by atoms with van der Waals surface area (Å²) in [5.74, 6) is 3.16. The van der Waals surface area contributed by atoms with E-state index in [0.29, 0.717) is 5.41 Å². The summed E-state index contributed by atoms with van der Waals surface area (Å²) in [6, 6.07) is 6.12. The van der Waals surface area contributed by atoms with Crippen LogP contribution in [0.15, 0.2) is 29.4 Å². The first-order valence-electron chi connectivity index (χ1n) is 8.92. The van der Waals surface area contributed by atoms with Crippen molar-refractivity contribution in [3.63, 3.8) is 0 Å². The molecule has 23 heavy (non-hydrogen) atoms. The molecule has 5 nitrogen and oxygen atoms in total. The van der Waals surface area contributed by atoms with Crippen molar-refractivity contribution in [2.45, 2.75) is 25.7 Å². The van der Waals surface area contributed by atoms with Gasteiger partial charge in [0.15, 0.2) is 5.96 Å². The summed E-state index contributed by atoms with van der Waals surface area (Å²) < 4.78 is 0. The number of guanidine groups is 1. The molecule has 0 aromatic carbocycles. The minimum Gasteiger partial charge on any atom is -0.356 e. The molecule has 3 fully saturated rings. The van der Waals surface area contributed by atoms with Crippen molar-refractivity contribution >= 4 is 11.8 Å². The maximum absolute atomic E-state index is 4.52. The predicted octanol–water partition coefficient (Wildman–Crippen LogP) is 1.97. The number of piperazine rings is 1. The van der Waals surface area contributed by atoms with Crippen LogP contribution in [0, 0.1) is 11.3 Å². The van der Waals surface area contributed by atoms with Crippen molar-refractivity contribution in [2.75, 3.05) is 44.7 Å². The molecule has 1 saturated heterocycles. The summed E-state index contributed by atoms with van der Waals surface area (Å²) in [5.41, 5.74) is 0.617. The zero-order valence-corrected chi connectivity index (χ0v) is 14.0. The zero-order chi connectivity index (χ0) is 15.7. The molecule has 1 aliphatic heterocycles. The lowest BCUT2D eigenvalue weighted by Gasteiger charge is -2.37. The first-order valence-corrected chi connectivity index (χ1v) is 8.92. The van der Waals surface area contributed by atoms with Crippen LogP contribution >= 0.6 is 0 Å². The van der Waals surface area contributed by atoms with Crippen LogP contribution in [0.4, 0.5) is 5.82 Å². The van der Waals surface area contributed by atoms with Crippen molar-refractivity contribution in [1.29, 1.82) is 0 Å². The fraction of sp³-hybridized carbons (Fsp3) is 0.667. The van der Waals surface area contributed by atoms with Gasteiger partial charge in [0.05, 0.1) is 0 Å². The van der Waals surface area contributed by atoms with Gasteiger partial charge in [-0.3, -0.25) is 4.99 Å². The number of anilines is 1. The normalized spacial score (nSPS) is 23.8. The third-order valence-electron chi connectivity index (χ3n) is 5.70. The van der Waals surface area contributed by atoms with E-state index in [1.165, 1.54) is 25.7 Å². The SMILES string of the molecule is CN=C(NCC1(C2CC2)CC1)N1CCN(c2ccccn2)CC1. The van der Waals surface area contributed by atoms with Gasteiger partial charge in [-0.15, -0.1) is 0 Å². The van der Waals surface area contributed by atoms with Gasteiger partial charge < -0.3 is 15.1 Å². The van der Waals surface area contributed by atoms with Crippen LogP contribution in [0.25, 0.3) is 0 Å². The molecular weight excluding hydrogens is 286 g/mol. The summed E-state index contributed by atoms with van der Waals surface area (Å²) in [6.07, 6.45) is 7.59.